The number of nitrogens with zero attached hydrogens (tertiary/aromatic N) is 3. The molecule has 1 unspecified atom stereocenters. The number of nitrogens with one attached hydrogen (secondary N) is 1. The van der Waals surface area contributed by atoms with Gasteiger partial charge in [-0.2, -0.15) is 0 Å². The number of hydrogen-bond donors (Lipinski definition) is 1. The van der Waals surface area contributed by atoms with Crippen molar-refractivity contribution in [3.8, 4) is 5.75 Å². The number of aromatic nitrogens is 2. The molecular formula is C25H36N4O2S2. The van der Waals surface area contributed by atoms with Crippen LogP contribution in [0.15, 0.2) is 51.9 Å². The molecule has 0 saturated heterocycles. The summed E-state index contributed by atoms with van der Waals surface area (Å²) in [5.74, 6) is 0.529. The van der Waals surface area contributed by atoms with E-state index >= 15 is 0 Å². The Hall–Kier alpha value is -2.16. The Morgan fingerprint density at radius 2 is 1.85 bits per heavy atom. The SMILES string of the molecule is CCN(CC)C(C)Sc1nnc(NC(=O)c2ccc(OC/C=C(\C)CCC=C(C)C)cc2)s1. The van der Waals surface area contributed by atoms with Gasteiger partial charge in [0.25, 0.3) is 5.91 Å². The Morgan fingerprint density at radius 1 is 1.15 bits per heavy atom. The summed E-state index contributed by atoms with van der Waals surface area (Å²) in [6.45, 7) is 15.3. The van der Waals surface area contributed by atoms with E-state index in [4.69, 9.17) is 4.74 Å². The minimum atomic E-state index is -0.207. The third kappa shape index (κ3) is 9.70. The van der Waals surface area contributed by atoms with Crippen LogP contribution in [-0.2, 0) is 0 Å². The van der Waals surface area contributed by atoms with E-state index in [0.29, 0.717) is 22.7 Å². The van der Waals surface area contributed by atoms with Crippen molar-refractivity contribution in [1.82, 2.24) is 15.1 Å². The maximum absolute atomic E-state index is 12.6. The highest BCUT2D eigenvalue weighted by Crippen LogP contribution is 2.30. The van der Waals surface area contributed by atoms with Crippen molar-refractivity contribution in [2.75, 3.05) is 25.0 Å². The van der Waals surface area contributed by atoms with E-state index in [9.17, 15) is 4.79 Å². The fourth-order valence-corrected chi connectivity index (χ4v) is 5.26. The Morgan fingerprint density at radius 3 is 2.48 bits per heavy atom. The third-order valence-corrected chi connectivity index (χ3v) is 7.21. The third-order valence-electron chi connectivity index (χ3n) is 5.11. The van der Waals surface area contributed by atoms with Crippen molar-refractivity contribution in [1.29, 1.82) is 0 Å². The second kappa shape index (κ2) is 14.2. The second-order valence-electron chi connectivity index (χ2n) is 7.97. The summed E-state index contributed by atoms with van der Waals surface area (Å²) in [6, 6.07) is 7.15. The molecule has 2 rings (SSSR count). The molecule has 1 aromatic carbocycles. The molecular weight excluding hydrogens is 452 g/mol. The van der Waals surface area contributed by atoms with Crippen molar-refractivity contribution in [2.45, 2.75) is 64.1 Å². The molecule has 1 amide bonds. The van der Waals surface area contributed by atoms with E-state index in [0.717, 1.165) is 36.0 Å². The number of thioether (sulfide) groups is 1. The van der Waals surface area contributed by atoms with Crippen LogP contribution in [0.2, 0.25) is 0 Å². The number of amides is 1. The molecule has 8 heteroatoms. The summed E-state index contributed by atoms with van der Waals surface area (Å²) in [5, 5.41) is 12.0. The Bertz CT molecular complexity index is 930. The molecule has 6 nitrogen and oxygen atoms in total. The van der Waals surface area contributed by atoms with E-state index in [1.807, 2.05) is 12.1 Å². The van der Waals surface area contributed by atoms with Gasteiger partial charge in [-0.1, -0.05) is 54.2 Å². The molecule has 1 atom stereocenters. The molecule has 0 bridgehead atoms. The first-order valence-electron chi connectivity index (χ1n) is 11.4. The molecule has 180 valence electrons. The maximum atomic E-state index is 12.6. The zero-order chi connectivity index (χ0) is 24.2. The van der Waals surface area contributed by atoms with Gasteiger partial charge in [-0.05, 0) is 84.0 Å². The monoisotopic (exact) mass is 488 g/mol. The number of hydrogen-bond acceptors (Lipinski definition) is 7. The van der Waals surface area contributed by atoms with E-state index < -0.39 is 0 Å². The summed E-state index contributed by atoms with van der Waals surface area (Å²) in [7, 11) is 0. The first-order valence-corrected chi connectivity index (χ1v) is 13.1. The average Bonchev–Trinajstić information content (AvgIpc) is 3.21. The normalized spacial score (nSPS) is 12.5. The van der Waals surface area contributed by atoms with E-state index in [1.165, 1.54) is 22.5 Å². The van der Waals surface area contributed by atoms with Crippen LogP contribution in [0.5, 0.6) is 5.75 Å². The smallest absolute Gasteiger partial charge is 0.257 e. The number of rotatable bonds is 13. The van der Waals surface area contributed by atoms with Gasteiger partial charge in [0.2, 0.25) is 5.13 Å². The van der Waals surface area contributed by atoms with Gasteiger partial charge >= 0.3 is 0 Å². The minimum absolute atomic E-state index is 0.207. The lowest BCUT2D eigenvalue weighted by atomic mass is 10.1. The van der Waals surface area contributed by atoms with Gasteiger partial charge in [0.05, 0.1) is 5.37 Å². The number of anilines is 1. The lowest BCUT2D eigenvalue weighted by molar-refractivity contribution is 0.102. The van der Waals surface area contributed by atoms with Gasteiger partial charge in [-0.25, -0.2) is 0 Å². The van der Waals surface area contributed by atoms with Gasteiger partial charge in [0.15, 0.2) is 4.34 Å². The molecule has 0 radical (unpaired) electrons. The predicted octanol–water partition coefficient (Wildman–Crippen LogP) is 6.64. The molecule has 2 aromatic rings. The summed E-state index contributed by atoms with van der Waals surface area (Å²) >= 11 is 3.05. The van der Waals surface area contributed by atoms with Crippen LogP contribution < -0.4 is 10.1 Å². The molecule has 0 aliphatic carbocycles. The quantitative estimate of drug-likeness (QED) is 0.147. The summed E-state index contributed by atoms with van der Waals surface area (Å²) in [5.41, 5.74) is 3.21. The van der Waals surface area contributed by atoms with Crippen molar-refractivity contribution >= 4 is 34.1 Å². The van der Waals surface area contributed by atoms with Gasteiger partial charge in [-0.3, -0.25) is 15.0 Å². The number of allylic oxidation sites excluding steroid dienone is 3. The zero-order valence-electron chi connectivity index (χ0n) is 20.6. The summed E-state index contributed by atoms with van der Waals surface area (Å²) in [6.07, 6.45) is 6.44. The molecule has 1 aromatic heterocycles. The topological polar surface area (TPSA) is 67.4 Å². The van der Waals surface area contributed by atoms with Crippen molar-refractivity contribution in [2.24, 2.45) is 0 Å². The predicted molar refractivity (Wildman–Crippen MR) is 140 cm³/mol. The molecule has 1 N–H and O–H groups in total. The highest BCUT2D eigenvalue weighted by Gasteiger charge is 2.16. The van der Waals surface area contributed by atoms with Crippen molar-refractivity contribution in [3.63, 3.8) is 0 Å². The van der Waals surface area contributed by atoms with Crippen LogP contribution in [-0.4, -0.2) is 46.1 Å². The standard InChI is InChI=1S/C25H36N4O2S2/c1-7-29(8-2)20(6)32-25-28-27-24(33-25)26-23(30)21-12-14-22(15-13-21)31-17-16-19(5)11-9-10-18(3)4/h10,12-16,20H,7-9,11,17H2,1-6H3,(H,26,27,30)/b19-16+. The van der Waals surface area contributed by atoms with Gasteiger partial charge in [-0.15, -0.1) is 10.2 Å². The maximum Gasteiger partial charge on any atom is 0.257 e. The molecule has 33 heavy (non-hydrogen) atoms. The summed E-state index contributed by atoms with van der Waals surface area (Å²) < 4.78 is 6.63. The number of benzene rings is 1. The van der Waals surface area contributed by atoms with Gasteiger partial charge in [0.1, 0.15) is 12.4 Å². The van der Waals surface area contributed by atoms with Gasteiger partial charge < -0.3 is 4.74 Å². The lowest BCUT2D eigenvalue weighted by Crippen LogP contribution is -2.30. The minimum Gasteiger partial charge on any atom is -0.490 e. The highest BCUT2D eigenvalue weighted by molar-refractivity contribution is 8.01. The van der Waals surface area contributed by atoms with E-state index in [2.05, 4.69) is 74.1 Å². The Kier molecular flexibility index (Phi) is 11.6. The first-order chi connectivity index (χ1) is 15.8. The molecule has 0 spiro atoms. The molecule has 1 heterocycles. The van der Waals surface area contributed by atoms with Gasteiger partial charge in [0, 0.05) is 5.56 Å². The Balaban J connectivity index is 1.83. The number of carbonyl (C=O) groups excluding carboxylic acids is 1. The van der Waals surface area contributed by atoms with E-state index in [-0.39, 0.29) is 5.91 Å². The average molecular weight is 489 g/mol. The first kappa shape index (κ1) is 27.1. The van der Waals surface area contributed by atoms with Crippen molar-refractivity contribution < 1.29 is 9.53 Å². The van der Waals surface area contributed by atoms with Crippen LogP contribution in [0.4, 0.5) is 5.13 Å². The zero-order valence-corrected chi connectivity index (χ0v) is 22.2. The van der Waals surface area contributed by atoms with Crippen LogP contribution in [0.25, 0.3) is 0 Å². The van der Waals surface area contributed by atoms with E-state index in [1.54, 1.807) is 23.9 Å². The van der Waals surface area contributed by atoms with Crippen LogP contribution in [0.3, 0.4) is 0 Å². The van der Waals surface area contributed by atoms with Crippen LogP contribution in [0.1, 0.15) is 64.7 Å². The highest BCUT2D eigenvalue weighted by atomic mass is 32.2. The van der Waals surface area contributed by atoms with Crippen LogP contribution >= 0.6 is 23.1 Å². The van der Waals surface area contributed by atoms with Crippen molar-refractivity contribution in [3.05, 3.63) is 53.1 Å². The fourth-order valence-electron chi connectivity index (χ4n) is 3.11. The second-order valence-corrected chi connectivity index (χ2v) is 10.5. The molecule has 0 saturated carbocycles. The largest absolute Gasteiger partial charge is 0.490 e. The number of carbonyl (C=O) groups is 1. The van der Waals surface area contributed by atoms with Crippen LogP contribution in [0, 0.1) is 0 Å². The fraction of sp³-hybridized carbons (Fsp3) is 0.480. The lowest BCUT2D eigenvalue weighted by Gasteiger charge is -2.24. The molecule has 0 fully saturated rings. The summed E-state index contributed by atoms with van der Waals surface area (Å²) in [4.78, 5) is 14.9. The molecule has 0 aliphatic rings. The number of ether oxygens (including phenoxy) is 1. The Labute approximate surface area is 206 Å². The molecule has 0 aliphatic heterocycles.